The van der Waals surface area contributed by atoms with Crippen LogP contribution >= 0.6 is 11.8 Å². The highest BCUT2D eigenvalue weighted by Gasteiger charge is 2.31. The van der Waals surface area contributed by atoms with Crippen molar-refractivity contribution >= 4 is 11.8 Å². The Morgan fingerprint density at radius 1 is 1.71 bits per heavy atom. The number of nitrogens with one attached hydrogen (secondary N) is 1. The van der Waals surface area contributed by atoms with Crippen LogP contribution in [-0.4, -0.2) is 34.8 Å². The summed E-state index contributed by atoms with van der Waals surface area (Å²) >= 11 is 1.84. The summed E-state index contributed by atoms with van der Waals surface area (Å²) in [5.41, 5.74) is -0.451. The van der Waals surface area contributed by atoms with Crippen molar-refractivity contribution < 1.29 is 5.11 Å². The van der Waals surface area contributed by atoms with Crippen molar-refractivity contribution in [2.24, 2.45) is 0 Å². The van der Waals surface area contributed by atoms with E-state index < -0.39 is 5.60 Å². The van der Waals surface area contributed by atoms with Crippen LogP contribution < -0.4 is 5.32 Å². The average molecular weight is 215 g/mol. The molecule has 0 spiro atoms. The van der Waals surface area contributed by atoms with Gasteiger partial charge in [0, 0.05) is 18.3 Å². The van der Waals surface area contributed by atoms with E-state index in [0.717, 1.165) is 37.3 Å². The molecule has 1 heterocycles. The van der Waals surface area contributed by atoms with E-state index in [1.165, 1.54) is 0 Å². The van der Waals surface area contributed by atoms with Crippen LogP contribution in [0.3, 0.4) is 0 Å². The molecule has 0 saturated carbocycles. The first-order chi connectivity index (χ1) is 6.66. The molecular weight excluding hydrogens is 194 g/mol. The lowest BCUT2D eigenvalue weighted by molar-refractivity contribution is 0.0649. The smallest absolute Gasteiger partial charge is 0.0869 e. The van der Waals surface area contributed by atoms with E-state index in [1.54, 1.807) is 0 Å². The Kier molecular flexibility index (Phi) is 4.99. The van der Waals surface area contributed by atoms with E-state index in [-0.39, 0.29) is 0 Å². The molecule has 2 atom stereocenters. The molecule has 2 unspecified atom stereocenters. The Bertz CT molecular complexity index is 178. The van der Waals surface area contributed by atoms with Crippen molar-refractivity contribution in [1.29, 1.82) is 0 Å². The van der Waals surface area contributed by atoms with Gasteiger partial charge in [0.15, 0.2) is 0 Å². The quantitative estimate of drug-likeness (QED) is 0.663. The third-order valence-corrected chi connectivity index (χ3v) is 3.90. The van der Waals surface area contributed by atoms with E-state index in [0.29, 0.717) is 6.04 Å². The molecule has 82 valence electrons. The highest BCUT2D eigenvalue weighted by Crippen LogP contribution is 2.27. The highest BCUT2D eigenvalue weighted by atomic mass is 32.2. The van der Waals surface area contributed by atoms with E-state index in [9.17, 15) is 5.11 Å². The molecule has 0 aromatic carbocycles. The zero-order valence-corrected chi connectivity index (χ0v) is 9.78. The maximum Gasteiger partial charge on any atom is 0.0869 e. The number of hydrogen-bond donors (Lipinski definition) is 2. The van der Waals surface area contributed by atoms with E-state index in [4.69, 9.17) is 0 Å². The van der Waals surface area contributed by atoms with Gasteiger partial charge in [-0.2, -0.15) is 11.8 Å². The summed E-state index contributed by atoms with van der Waals surface area (Å²) in [6, 6.07) is 0.475. The van der Waals surface area contributed by atoms with Crippen molar-refractivity contribution in [3.05, 3.63) is 12.7 Å². The zero-order valence-electron chi connectivity index (χ0n) is 8.96. The third kappa shape index (κ3) is 4.03. The summed E-state index contributed by atoms with van der Waals surface area (Å²) in [6.07, 6.45) is 5.02. The topological polar surface area (TPSA) is 32.3 Å². The fourth-order valence-electron chi connectivity index (χ4n) is 1.57. The van der Waals surface area contributed by atoms with Gasteiger partial charge in [-0.3, -0.25) is 0 Å². The van der Waals surface area contributed by atoms with Crippen LogP contribution in [-0.2, 0) is 0 Å². The zero-order chi connectivity index (χ0) is 10.4. The number of thioether (sulfide) groups is 1. The normalized spacial score (nSPS) is 29.0. The molecule has 2 nitrogen and oxygen atoms in total. The maximum absolute atomic E-state index is 10.1. The highest BCUT2D eigenvalue weighted by molar-refractivity contribution is 7.99. The van der Waals surface area contributed by atoms with Gasteiger partial charge >= 0.3 is 0 Å². The molecule has 1 fully saturated rings. The Balaban J connectivity index is 2.15. The summed E-state index contributed by atoms with van der Waals surface area (Å²) in [4.78, 5) is 0. The monoisotopic (exact) mass is 215 g/mol. The van der Waals surface area contributed by atoms with Gasteiger partial charge in [0.05, 0.1) is 5.60 Å². The van der Waals surface area contributed by atoms with Crippen molar-refractivity contribution in [2.45, 2.75) is 37.8 Å². The molecule has 1 aliphatic rings. The second-order valence-corrected chi connectivity index (χ2v) is 5.28. The summed E-state index contributed by atoms with van der Waals surface area (Å²) < 4.78 is 0. The molecule has 3 heteroatoms. The molecular formula is C11H21NOS. The Morgan fingerprint density at radius 3 is 3.07 bits per heavy atom. The van der Waals surface area contributed by atoms with E-state index in [2.05, 4.69) is 18.8 Å². The predicted octanol–water partition coefficient (Wildman–Crippen LogP) is 1.80. The van der Waals surface area contributed by atoms with Crippen molar-refractivity contribution in [2.75, 3.05) is 18.1 Å². The van der Waals surface area contributed by atoms with Crippen LogP contribution in [0.5, 0.6) is 0 Å². The average Bonchev–Trinajstić information content (AvgIpc) is 2.60. The van der Waals surface area contributed by atoms with Crippen molar-refractivity contribution in [3.63, 3.8) is 0 Å². The Hall–Kier alpha value is 0.0100. The summed E-state index contributed by atoms with van der Waals surface area (Å²) in [5, 5.41) is 13.5. The standard InChI is InChI=1S/C11H21NOS/c1-3-4-5-10(2)12-8-11(13)6-7-14-9-11/h3,10,12-13H,1,4-9H2,2H3. The molecule has 0 amide bonds. The summed E-state index contributed by atoms with van der Waals surface area (Å²) in [6.45, 7) is 6.60. The first kappa shape index (κ1) is 12.1. The summed E-state index contributed by atoms with van der Waals surface area (Å²) in [7, 11) is 0. The largest absolute Gasteiger partial charge is 0.388 e. The predicted molar refractivity (Wildman–Crippen MR) is 63.8 cm³/mol. The van der Waals surface area contributed by atoms with Gasteiger partial charge in [0.25, 0.3) is 0 Å². The van der Waals surface area contributed by atoms with Crippen LogP contribution in [0.4, 0.5) is 0 Å². The maximum atomic E-state index is 10.1. The van der Waals surface area contributed by atoms with Crippen molar-refractivity contribution in [3.8, 4) is 0 Å². The minimum absolute atomic E-state index is 0.451. The van der Waals surface area contributed by atoms with Gasteiger partial charge in [-0.15, -0.1) is 6.58 Å². The molecule has 0 aromatic rings. The molecule has 14 heavy (non-hydrogen) atoms. The Morgan fingerprint density at radius 2 is 2.50 bits per heavy atom. The van der Waals surface area contributed by atoms with Gasteiger partial charge in [-0.1, -0.05) is 6.08 Å². The fourth-order valence-corrected chi connectivity index (χ4v) is 2.87. The first-order valence-corrected chi connectivity index (χ1v) is 6.46. The molecule has 1 saturated heterocycles. The molecule has 0 aromatic heterocycles. The number of aliphatic hydroxyl groups is 1. The second kappa shape index (κ2) is 5.79. The van der Waals surface area contributed by atoms with Gasteiger partial charge in [-0.25, -0.2) is 0 Å². The second-order valence-electron chi connectivity index (χ2n) is 4.17. The van der Waals surface area contributed by atoms with Crippen LogP contribution in [0.15, 0.2) is 12.7 Å². The van der Waals surface area contributed by atoms with Gasteiger partial charge in [0.2, 0.25) is 0 Å². The number of allylic oxidation sites excluding steroid dienone is 1. The lowest BCUT2D eigenvalue weighted by atomic mass is 10.0. The minimum atomic E-state index is -0.451. The summed E-state index contributed by atoms with van der Waals surface area (Å²) in [5.74, 6) is 1.98. The number of rotatable bonds is 6. The van der Waals surface area contributed by atoms with Gasteiger partial charge in [0.1, 0.15) is 0 Å². The van der Waals surface area contributed by atoms with E-state index >= 15 is 0 Å². The number of hydrogen-bond acceptors (Lipinski definition) is 3. The van der Waals surface area contributed by atoms with Crippen LogP contribution in [0.25, 0.3) is 0 Å². The molecule has 0 radical (unpaired) electrons. The third-order valence-electron chi connectivity index (χ3n) is 2.67. The van der Waals surface area contributed by atoms with Crippen molar-refractivity contribution in [1.82, 2.24) is 5.32 Å². The molecule has 1 aliphatic heterocycles. The Labute approximate surface area is 91.2 Å². The van der Waals surface area contributed by atoms with Crippen LogP contribution in [0, 0.1) is 0 Å². The molecule has 0 bridgehead atoms. The SMILES string of the molecule is C=CCCC(C)NCC1(O)CCSC1. The van der Waals surface area contributed by atoms with Crippen LogP contribution in [0.1, 0.15) is 26.2 Å². The molecule has 1 rings (SSSR count). The lowest BCUT2D eigenvalue weighted by Crippen LogP contribution is -2.43. The molecule has 2 N–H and O–H groups in total. The lowest BCUT2D eigenvalue weighted by Gasteiger charge is -2.24. The van der Waals surface area contributed by atoms with E-state index in [1.807, 2.05) is 17.8 Å². The van der Waals surface area contributed by atoms with Crippen LogP contribution in [0.2, 0.25) is 0 Å². The molecule has 0 aliphatic carbocycles. The van der Waals surface area contributed by atoms with Gasteiger partial charge in [-0.05, 0) is 31.9 Å². The first-order valence-electron chi connectivity index (χ1n) is 5.31. The fraction of sp³-hybridized carbons (Fsp3) is 0.818. The van der Waals surface area contributed by atoms with Gasteiger partial charge < -0.3 is 10.4 Å². The minimum Gasteiger partial charge on any atom is -0.388 e.